The number of pyridine rings is 6. The summed E-state index contributed by atoms with van der Waals surface area (Å²) in [7, 11) is 0. The van der Waals surface area contributed by atoms with E-state index in [2.05, 4.69) is 111 Å². The monoisotopic (exact) mass is 2050 g/mol. The number of hydrogen-bond donors (Lipinski definition) is 6. The Hall–Kier alpha value is -14.3. The van der Waals surface area contributed by atoms with Gasteiger partial charge in [0.25, 0.3) is 0 Å². The topological polar surface area (TPSA) is 422 Å². The van der Waals surface area contributed by atoms with Crippen molar-refractivity contribution in [2.45, 2.75) is 149 Å². The van der Waals surface area contributed by atoms with Crippen molar-refractivity contribution in [3.63, 3.8) is 0 Å². The highest BCUT2D eigenvalue weighted by atomic mass is 32.1. The normalized spacial score (nSPS) is 14.2. The number of aliphatic carboxylic acids is 2. The van der Waals surface area contributed by atoms with E-state index in [0.717, 1.165) is 79.2 Å². The molecule has 0 saturated heterocycles. The number of fused-ring (bicyclic) bond motifs is 9. The van der Waals surface area contributed by atoms with Crippen LogP contribution in [0.15, 0.2) is 196 Å². The third-order valence-corrected chi connectivity index (χ3v) is 26.6. The molecule has 0 spiro atoms. The first kappa shape index (κ1) is 106. The average Bonchev–Trinajstić information content (AvgIpc) is 1.58. The number of carbonyl (C=O) groups is 8. The number of aliphatic hydroxyl groups is 4. The Bertz CT molecular complexity index is 6580. The maximum Gasteiger partial charge on any atom is 0.317 e. The van der Waals surface area contributed by atoms with Gasteiger partial charge in [-0.25, -0.2) is 0 Å². The molecule has 0 radical (unpaired) electrons. The number of carbonyl (C=O) groups excluding carboxylic acids is 6. The lowest BCUT2D eigenvalue weighted by Crippen LogP contribution is -2.34. The van der Waals surface area contributed by atoms with E-state index < -0.39 is 60.9 Å². The van der Waals surface area contributed by atoms with E-state index in [9.17, 15) is 48.6 Å². The first-order valence-electron chi connectivity index (χ1n) is 47.0. The number of thiophene rings is 4. The summed E-state index contributed by atoms with van der Waals surface area (Å²) >= 11 is 5.87. The molecule has 0 aromatic carbocycles. The van der Waals surface area contributed by atoms with Gasteiger partial charge in [0.1, 0.15) is 65.7 Å². The number of ether oxygens (including phenoxy) is 14. The molecule has 0 aliphatic carbocycles. The second-order valence-electron chi connectivity index (χ2n) is 33.8. The molecule has 34 nitrogen and oxygen atoms in total. The summed E-state index contributed by atoms with van der Waals surface area (Å²) in [5, 5.41) is 67.9. The highest BCUT2D eigenvalue weighted by molar-refractivity contribution is 7.09. The van der Waals surface area contributed by atoms with Crippen LogP contribution in [0, 0.1) is 34.6 Å². The number of hydrogen-bond acceptors (Lipinski definition) is 31. The summed E-state index contributed by atoms with van der Waals surface area (Å²) in [6.45, 7) is 13.0. The standard InChI is InChI=1S/C46H48N2O12S2.C22H24N2O2.C11H13NO.2C10H10O6S.C7H9NO/c1-29-33(15-19-53-41(49)11-7-13-43(51)57-23-31-21-55-37-25-61-27-39(37)59-31)35-9-3-5-17-47(35)45(29)46-30(2)34(36-10-4-6-18-48(36)46)16-20-54-42(50)12-8-14-44(52)58-24-32-22-56-38-26-62-28-40(38)60-32;1-15-17(9-13-25)19-7-3-5-11-23(19)21(15)22-16(2)18(10-14-26)20-8-4-6-12-24(20)22;1-9-8-12-6-3-2-4-11(12)10(9)5-7-13;11-9(12)1-10(13)15-3-6-2-14-7-4-17-5-8(7)16-6;11-9(12)1-10(13)16-6-2-14-7-4-17-5-8(7)15-3-6;9-6-4-7-3-1-2-5-8-7/h3-6,9-10,17-18,25-28,31-32H,7-8,11-16,19-24H2,1-2H3;3-8,11-12,25-26H,9-10,13-14H2,1-2H3;2-4,6,8,13H,5,7H2,1H3;2*4-6H,1-3H2,(H,11,12);1-3,5,9H,4,6H2. The molecular formula is C106H114N6O28S4. The largest absolute Gasteiger partial charge is 0.485 e. The number of carboxylic acids is 2. The molecule has 0 amide bonds. The zero-order valence-corrected chi connectivity index (χ0v) is 83.4. The Morgan fingerprint density at radius 2 is 0.674 bits per heavy atom. The highest BCUT2D eigenvalue weighted by Crippen LogP contribution is 2.43. The molecule has 38 heteroatoms. The predicted molar refractivity (Wildman–Crippen MR) is 538 cm³/mol. The van der Waals surface area contributed by atoms with Gasteiger partial charge >= 0.3 is 47.8 Å². The van der Waals surface area contributed by atoms with Crippen molar-refractivity contribution in [1.82, 2.24) is 27.0 Å². The van der Waals surface area contributed by atoms with Crippen LogP contribution in [0.3, 0.4) is 0 Å². The van der Waals surface area contributed by atoms with Crippen LogP contribution in [0.1, 0.15) is 113 Å². The van der Waals surface area contributed by atoms with Crippen LogP contribution in [0.4, 0.5) is 0 Å². The Kier molecular flexibility index (Phi) is 38.2. The Morgan fingerprint density at radius 3 is 1.04 bits per heavy atom. The summed E-state index contributed by atoms with van der Waals surface area (Å²) in [6, 6.07) is 36.3. The molecule has 19 heterocycles. The van der Waals surface area contributed by atoms with Crippen LogP contribution < -0.4 is 37.9 Å². The predicted octanol–water partition coefficient (Wildman–Crippen LogP) is 15.6. The van der Waals surface area contributed by atoms with E-state index in [4.69, 9.17) is 86.7 Å². The molecule has 4 aliphatic heterocycles. The number of aryl methyl sites for hydroxylation is 1. The lowest BCUT2D eigenvalue weighted by atomic mass is 10.0. The first-order valence-corrected chi connectivity index (χ1v) is 50.8. The minimum Gasteiger partial charge on any atom is -0.485 e. The number of aliphatic hydroxyl groups excluding tert-OH is 4. The summed E-state index contributed by atoms with van der Waals surface area (Å²) in [4.78, 5) is 96.8. The van der Waals surface area contributed by atoms with Gasteiger partial charge in [-0.2, -0.15) is 0 Å². The smallest absolute Gasteiger partial charge is 0.317 e. The maximum absolute atomic E-state index is 12.7. The number of nitrogens with zero attached hydrogens (tertiary/aromatic N) is 6. The van der Waals surface area contributed by atoms with E-state index >= 15 is 0 Å². The summed E-state index contributed by atoms with van der Waals surface area (Å²) < 4.78 is 87.0. The molecule has 19 rings (SSSR count). The minimum absolute atomic E-state index is 0.0125. The SMILES string of the molecule is Cc1c(CCO)c2ccccn2c1-c1c(C)c(CCO)c2ccccn12.Cc1c(CCOC(=O)CCCC(=O)OCC2COc3cscc3O2)c2ccccn2c1-c1c(C)c(CCOC(=O)CCCC(=O)OCC2COc3cscc3O2)c2ccccn12.Cc1cn2ccccc2c1CCO.O=C(O)CC(=O)OC1COc2cscc2OC1.O=C(O)CC(=O)OCC1COc2cscc2O1.OCCc1ccccn1. The fourth-order valence-electron chi connectivity index (χ4n) is 17.1. The average molecular weight is 2050 g/mol. The molecule has 0 fully saturated rings. The van der Waals surface area contributed by atoms with Gasteiger partial charge in [0, 0.05) is 191 Å². The summed E-state index contributed by atoms with van der Waals surface area (Å²) in [5.74, 6) is -0.291. The molecule has 6 N–H and O–H groups in total. The maximum atomic E-state index is 12.7. The lowest BCUT2D eigenvalue weighted by molar-refractivity contribution is -0.158. The molecule has 4 aliphatic rings. The lowest BCUT2D eigenvalue weighted by Gasteiger charge is -2.24. The van der Waals surface area contributed by atoms with Crippen LogP contribution in [0.25, 0.3) is 50.4 Å². The van der Waals surface area contributed by atoms with E-state index in [1.165, 1.54) is 84.2 Å². The number of esters is 6. The van der Waals surface area contributed by atoms with Gasteiger partial charge in [-0.3, -0.25) is 43.3 Å². The zero-order chi connectivity index (χ0) is 102. The molecular weight excluding hydrogens is 1930 g/mol. The van der Waals surface area contributed by atoms with Gasteiger partial charge in [-0.1, -0.05) is 36.4 Å². The summed E-state index contributed by atoms with van der Waals surface area (Å²) in [6.07, 6.45) is 15.8. The Balaban J connectivity index is 0.000000162. The van der Waals surface area contributed by atoms with Gasteiger partial charge in [0.05, 0.1) is 36.0 Å². The van der Waals surface area contributed by atoms with Crippen molar-refractivity contribution in [2.24, 2.45) is 0 Å². The first-order chi connectivity index (χ1) is 70.0. The van der Waals surface area contributed by atoms with E-state index in [0.29, 0.717) is 104 Å². The third kappa shape index (κ3) is 27.6. The van der Waals surface area contributed by atoms with Crippen LogP contribution in [-0.4, -0.2) is 222 Å². The van der Waals surface area contributed by atoms with Crippen LogP contribution in [-0.2, 0) is 105 Å². The highest BCUT2D eigenvalue weighted by Gasteiger charge is 2.31. The third-order valence-electron chi connectivity index (χ3n) is 23.8. The molecule has 15 aromatic heterocycles. The number of aromatic nitrogens is 6. The van der Waals surface area contributed by atoms with Gasteiger partial charge < -0.3 is 119 Å². The van der Waals surface area contributed by atoms with E-state index in [-0.39, 0.29) is 129 Å². The molecule has 0 bridgehead atoms. The molecule has 3 unspecified atom stereocenters. The Labute approximate surface area is 844 Å². The van der Waals surface area contributed by atoms with Crippen molar-refractivity contribution in [2.75, 3.05) is 92.5 Å². The molecule has 760 valence electrons. The Morgan fingerprint density at radius 1 is 0.354 bits per heavy atom. The van der Waals surface area contributed by atoms with Gasteiger partial charge in [0.15, 0.2) is 70.4 Å². The number of carboxylic acid groups (broad SMARTS) is 2. The van der Waals surface area contributed by atoms with E-state index in [1.807, 2.05) is 124 Å². The van der Waals surface area contributed by atoms with Gasteiger partial charge in [0.2, 0.25) is 0 Å². The number of rotatable bonds is 35. The van der Waals surface area contributed by atoms with Crippen molar-refractivity contribution in [3.8, 4) is 68.8 Å². The van der Waals surface area contributed by atoms with Crippen LogP contribution in [0.5, 0.6) is 46.0 Å². The molecule has 15 aromatic rings. The molecule has 3 atom stereocenters. The second kappa shape index (κ2) is 52.1. The molecule has 144 heavy (non-hydrogen) atoms. The van der Waals surface area contributed by atoms with Crippen molar-refractivity contribution < 1.29 is 135 Å². The summed E-state index contributed by atoms with van der Waals surface area (Å²) in [5.41, 5.74) is 22.4. The zero-order valence-electron chi connectivity index (χ0n) is 80.1. The van der Waals surface area contributed by atoms with Gasteiger partial charge in [-0.15, -0.1) is 45.3 Å². The van der Waals surface area contributed by atoms with Crippen LogP contribution in [0.2, 0.25) is 0 Å². The van der Waals surface area contributed by atoms with Crippen molar-refractivity contribution >= 4 is 121 Å². The van der Waals surface area contributed by atoms with E-state index in [1.54, 1.807) is 22.3 Å². The fraction of sp³-hybridized carbons (Fsp3) is 0.349. The van der Waals surface area contributed by atoms with Crippen molar-refractivity contribution in [3.05, 3.63) is 257 Å². The fourth-order valence-corrected chi connectivity index (χ4v) is 19.8. The van der Waals surface area contributed by atoms with Crippen molar-refractivity contribution in [1.29, 1.82) is 0 Å². The second-order valence-corrected chi connectivity index (χ2v) is 36.7. The van der Waals surface area contributed by atoms with Gasteiger partial charge in [-0.05, 0) is 195 Å². The molecule has 0 saturated carbocycles. The van der Waals surface area contributed by atoms with Crippen LogP contribution >= 0.6 is 45.3 Å². The minimum atomic E-state index is -1.22. The quantitative estimate of drug-likeness (QED) is 0.0122.